The van der Waals surface area contributed by atoms with Crippen molar-refractivity contribution in [3.8, 4) is 12.0 Å². The van der Waals surface area contributed by atoms with Crippen molar-refractivity contribution >= 4 is 17.0 Å². The highest BCUT2D eigenvalue weighted by Gasteiger charge is 2.17. The molecule has 0 fully saturated rings. The lowest BCUT2D eigenvalue weighted by Crippen LogP contribution is -2.10. The van der Waals surface area contributed by atoms with Crippen LogP contribution in [0.3, 0.4) is 0 Å². The molecule has 0 bridgehead atoms. The summed E-state index contributed by atoms with van der Waals surface area (Å²) in [6.07, 6.45) is 4.49. The Balaban J connectivity index is 2.39. The minimum absolute atomic E-state index is 0.247. The predicted molar refractivity (Wildman–Crippen MR) is 67.2 cm³/mol. The number of nitrogens with two attached hydrogens (primary N) is 1. The number of hydrogen-bond donors (Lipinski definition) is 1. The summed E-state index contributed by atoms with van der Waals surface area (Å²) in [4.78, 5) is 12.3. The van der Waals surface area contributed by atoms with E-state index in [2.05, 4.69) is 26.1 Å². The van der Waals surface area contributed by atoms with Crippen LogP contribution in [0.25, 0.3) is 17.0 Å². The Morgan fingerprint density at radius 1 is 1.42 bits per heavy atom. The first-order valence-corrected chi connectivity index (χ1v) is 5.66. The maximum absolute atomic E-state index is 9.16. The molecule has 3 aromatic heterocycles. The molecular weight excluding hydrogens is 244 g/mol. The van der Waals surface area contributed by atoms with Crippen molar-refractivity contribution in [2.75, 3.05) is 5.73 Å². The van der Waals surface area contributed by atoms with Gasteiger partial charge in [-0.3, -0.25) is 4.98 Å². The SMILES string of the molecule is CCn1c(-n2ncnc2N)nc2cncc(C#N)c21. The van der Waals surface area contributed by atoms with Gasteiger partial charge in [0.2, 0.25) is 11.9 Å². The second kappa shape index (κ2) is 4.06. The second-order valence-electron chi connectivity index (χ2n) is 3.85. The molecule has 0 amide bonds. The summed E-state index contributed by atoms with van der Waals surface area (Å²) in [6, 6.07) is 2.12. The van der Waals surface area contributed by atoms with Crippen LogP contribution in [0.1, 0.15) is 12.5 Å². The zero-order valence-corrected chi connectivity index (χ0v) is 10.1. The smallest absolute Gasteiger partial charge is 0.235 e. The van der Waals surface area contributed by atoms with Crippen LogP contribution in [0, 0.1) is 11.3 Å². The molecule has 8 nitrogen and oxygen atoms in total. The molecule has 3 rings (SSSR count). The van der Waals surface area contributed by atoms with Crippen LogP contribution in [-0.4, -0.2) is 29.3 Å². The first-order chi connectivity index (χ1) is 9.26. The standard InChI is InChI=1S/C11H10N8/c1-2-18-9-7(3-12)4-14-5-8(9)17-11(18)19-10(13)15-6-16-19/h4-6H,2H2,1H3,(H2,13,15,16). The van der Waals surface area contributed by atoms with Gasteiger partial charge in [0, 0.05) is 12.7 Å². The van der Waals surface area contributed by atoms with Crippen molar-refractivity contribution in [3.63, 3.8) is 0 Å². The normalized spacial score (nSPS) is 10.7. The van der Waals surface area contributed by atoms with Crippen molar-refractivity contribution in [2.45, 2.75) is 13.5 Å². The molecule has 0 unspecified atom stereocenters. The fourth-order valence-electron chi connectivity index (χ4n) is 2.02. The summed E-state index contributed by atoms with van der Waals surface area (Å²) in [5.41, 5.74) is 7.57. The Kier molecular flexibility index (Phi) is 2.38. The summed E-state index contributed by atoms with van der Waals surface area (Å²) in [5, 5.41) is 13.2. The van der Waals surface area contributed by atoms with E-state index in [4.69, 9.17) is 11.0 Å². The summed E-state index contributed by atoms with van der Waals surface area (Å²) in [6.45, 7) is 2.59. The predicted octanol–water partition coefficient (Wildman–Crippen LogP) is 0.486. The average Bonchev–Trinajstić information content (AvgIpc) is 3.00. The van der Waals surface area contributed by atoms with Gasteiger partial charge >= 0.3 is 0 Å². The number of imidazole rings is 1. The highest BCUT2D eigenvalue weighted by atomic mass is 15.4. The van der Waals surface area contributed by atoms with E-state index in [-0.39, 0.29) is 5.95 Å². The quantitative estimate of drug-likeness (QED) is 0.712. The summed E-state index contributed by atoms with van der Waals surface area (Å²) < 4.78 is 3.30. The molecule has 8 heteroatoms. The number of anilines is 1. The summed E-state index contributed by atoms with van der Waals surface area (Å²) >= 11 is 0. The molecule has 0 atom stereocenters. The third kappa shape index (κ3) is 1.52. The number of nitrogens with zero attached hydrogens (tertiary/aromatic N) is 7. The first-order valence-electron chi connectivity index (χ1n) is 5.66. The molecule has 0 saturated carbocycles. The van der Waals surface area contributed by atoms with Gasteiger partial charge in [-0.1, -0.05) is 0 Å². The zero-order valence-electron chi connectivity index (χ0n) is 10.1. The number of rotatable bonds is 2. The molecule has 19 heavy (non-hydrogen) atoms. The highest BCUT2D eigenvalue weighted by molar-refractivity contribution is 5.82. The van der Waals surface area contributed by atoms with Crippen LogP contribution in [0.15, 0.2) is 18.7 Å². The van der Waals surface area contributed by atoms with Crippen LogP contribution in [-0.2, 0) is 6.54 Å². The van der Waals surface area contributed by atoms with Crippen LogP contribution >= 0.6 is 0 Å². The van der Waals surface area contributed by atoms with Crippen molar-refractivity contribution in [3.05, 3.63) is 24.3 Å². The van der Waals surface area contributed by atoms with Gasteiger partial charge in [0.1, 0.15) is 17.9 Å². The van der Waals surface area contributed by atoms with Gasteiger partial charge in [-0.2, -0.15) is 20.0 Å². The van der Waals surface area contributed by atoms with E-state index >= 15 is 0 Å². The number of nitriles is 1. The molecule has 0 aromatic carbocycles. The Bertz CT molecular complexity index is 791. The van der Waals surface area contributed by atoms with Gasteiger partial charge in [-0.15, -0.1) is 0 Å². The Morgan fingerprint density at radius 3 is 2.89 bits per heavy atom. The van der Waals surface area contributed by atoms with Gasteiger partial charge in [0.05, 0.1) is 17.3 Å². The lowest BCUT2D eigenvalue weighted by Gasteiger charge is -2.06. The van der Waals surface area contributed by atoms with E-state index in [1.54, 1.807) is 6.20 Å². The number of pyridine rings is 1. The molecule has 0 aliphatic rings. The molecule has 0 saturated heterocycles. The molecule has 0 aliphatic carbocycles. The average molecular weight is 254 g/mol. The minimum atomic E-state index is 0.247. The van der Waals surface area contributed by atoms with Gasteiger partial charge in [0.15, 0.2) is 0 Å². The van der Waals surface area contributed by atoms with Crippen LogP contribution in [0.5, 0.6) is 0 Å². The minimum Gasteiger partial charge on any atom is -0.368 e. The van der Waals surface area contributed by atoms with E-state index in [0.29, 0.717) is 23.6 Å². The third-order valence-corrected chi connectivity index (χ3v) is 2.83. The molecule has 3 aromatic rings. The summed E-state index contributed by atoms with van der Waals surface area (Å²) in [5.74, 6) is 0.772. The molecule has 0 spiro atoms. The van der Waals surface area contributed by atoms with Gasteiger partial charge in [-0.25, -0.2) is 4.98 Å². The lowest BCUT2D eigenvalue weighted by molar-refractivity contribution is 0.705. The highest BCUT2D eigenvalue weighted by Crippen LogP contribution is 2.21. The van der Waals surface area contributed by atoms with E-state index in [9.17, 15) is 0 Å². The van der Waals surface area contributed by atoms with Crippen LogP contribution < -0.4 is 5.73 Å². The molecule has 0 radical (unpaired) electrons. The molecule has 0 aliphatic heterocycles. The van der Waals surface area contributed by atoms with Gasteiger partial charge in [0.25, 0.3) is 0 Å². The number of hydrogen-bond acceptors (Lipinski definition) is 6. The van der Waals surface area contributed by atoms with Crippen LogP contribution in [0.4, 0.5) is 5.95 Å². The molecular formula is C11H10N8. The second-order valence-corrected chi connectivity index (χ2v) is 3.85. The number of aryl methyl sites for hydroxylation is 1. The fraction of sp³-hybridized carbons (Fsp3) is 0.182. The third-order valence-electron chi connectivity index (χ3n) is 2.83. The van der Waals surface area contributed by atoms with Crippen LogP contribution in [0.2, 0.25) is 0 Å². The Labute approximate surface area is 108 Å². The molecule has 94 valence electrons. The fourth-order valence-corrected chi connectivity index (χ4v) is 2.02. The largest absolute Gasteiger partial charge is 0.368 e. The topological polar surface area (TPSA) is 111 Å². The van der Waals surface area contributed by atoms with Crippen molar-refractivity contribution < 1.29 is 0 Å². The van der Waals surface area contributed by atoms with E-state index in [1.807, 2.05) is 11.5 Å². The van der Waals surface area contributed by atoms with Crippen molar-refractivity contribution in [1.29, 1.82) is 5.26 Å². The van der Waals surface area contributed by atoms with E-state index in [0.717, 1.165) is 5.52 Å². The van der Waals surface area contributed by atoms with Crippen molar-refractivity contribution in [1.82, 2.24) is 29.3 Å². The zero-order chi connectivity index (χ0) is 13.4. The monoisotopic (exact) mass is 254 g/mol. The molecule has 2 N–H and O–H groups in total. The lowest BCUT2D eigenvalue weighted by atomic mass is 10.2. The van der Waals surface area contributed by atoms with Crippen molar-refractivity contribution in [2.24, 2.45) is 0 Å². The summed E-state index contributed by atoms with van der Waals surface area (Å²) in [7, 11) is 0. The number of fused-ring (bicyclic) bond motifs is 1. The van der Waals surface area contributed by atoms with Gasteiger partial charge < -0.3 is 10.3 Å². The van der Waals surface area contributed by atoms with Gasteiger partial charge in [-0.05, 0) is 6.92 Å². The van der Waals surface area contributed by atoms with E-state index in [1.165, 1.54) is 17.2 Å². The Hall–Kier alpha value is -2.95. The first kappa shape index (κ1) is 11.2. The number of aromatic nitrogens is 6. The van der Waals surface area contributed by atoms with E-state index < -0.39 is 0 Å². The number of nitrogen functional groups attached to an aromatic ring is 1. The maximum atomic E-state index is 9.16. The Morgan fingerprint density at radius 2 is 2.26 bits per heavy atom. The maximum Gasteiger partial charge on any atom is 0.235 e. The molecule has 3 heterocycles.